The molecule has 0 saturated carbocycles. The molecule has 7 nitrogen and oxygen atoms in total. The van der Waals surface area contributed by atoms with E-state index < -0.39 is 37.9 Å². The number of hydrogen-bond donors (Lipinski definition) is 2. The van der Waals surface area contributed by atoms with E-state index >= 15 is 0 Å². The van der Waals surface area contributed by atoms with Gasteiger partial charge in [-0.05, 0) is 23.6 Å². The van der Waals surface area contributed by atoms with E-state index in [9.17, 15) is 14.7 Å². The van der Waals surface area contributed by atoms with Crippen LogP contribution in [-0.2, 0) is 31.8 Å². The normalized spacial score (nSPS) is 23.0. The molecule has 8 heteroatoms. The lowest BCUT2D eigenvalue weighted by Gasteiger charge is -2.31. The highest BCUT2D eigenvalue weighted by molar-refractivity contribution is 6.76. The van der Waals surface area contributed by atoms with E-state index in [0.29, 0.717) is 13.0 Å². The lowest BCUT2D eigenvalue weighted by atomic mass is 9.86. The number of amides is 1. The molecule has 3 atom stereocenters. The number of ether oxygens (including phenoxy) is 3. The summed E-state index contributed by atoms with van der Waals surface area (Å²) in [6.45, 7) is 7.43. The largest absolute Gasteiger partial charge is 0.478 e. The Morgan fingerprint density at radius 2 is 1.71 bits per heavy atom. The van der Waals surface area contributed by atoms with E-state index in [1.807, 2.05) is 60.7 Å². The van der Waals surface area contributed by atoms with Crippen LogP contribution in [0.1, 0.15) is 17.5 Å². The summed E-state index contributed by atoms with van der Waals surface area (Å²) in [7, 11) is -1.24. The number of benzene rings is 2. The summed E-state index contributed by atoms with van der Waals surface area (Å²) in [4.78, 5) is 25.2. The highest BCUT2D eigenvalue weighted by atomic mass is 28.3. The van der Waals surface area contributed by atoms with Gasteiger partial charge in [0.1, 0.15) is 6.79 Å². The minimum atomic E-state index is -1.75. The van der Waals surface area contributed by atoms with Crippen molar-refractivity contribution in [2.24, 2.45) is 0 Å². The maximum absolute atomic E-state index is 12.7. The number of alkyl carbamates (subject to hydrolysis) is 1. The molecule has 1 amide bonds. The smallest absolute Gasteiger partial charge is 0.408 e. The molecular formula is C26H35NO6Si. The molecule has 1 aliphatic rings. The number of carbonyl (C=O) groups excluding carboxylic acids is 1. The van der Waals surface area contributed by atoms with E-state index in [1.165, 1.54) is 0 Å². The van der Waals surface area contributed by atoms with Gasteiger partial charge < -0.3 is 24.6 Å². The molecule has 0 radical (unpaired) electrons. The molecular weight excluding hydrogens is 450 g/mol. The number of carbonyl (C=O) groups is 2. The molecule has 0 aromatic heterocycles. The van der Waals surface area contributed by atoms with Gasteiger partial charge >= 0.3 is 12.1 Å². The summed E-state index contributed by atoms with van der Waals surface area (Å²) in [5, 5.41) is 13.0. The number of rotatable bonds is 11. The van der Waals surface area contributed by atoms with Crippen LogP contribution < -0.4 is 5.32 Å². The summed E-state index contributed by atoms with van der Waals surface area (Å²) >= 11 is 0. The Bertz CT molecular complexity index is 933. The van der Waals surface area contributed by atoms with Crippen molar-refractivity contribution in [1.29, 1.82) is 0 Å². The number of hydrogen-bond acceptors (Lipinski definition) is 5. The molecule has 0 spiro atoms. The van der Waals surface area contributed by atoms with Gasteiger partial charge in [0.05, 0.1) is 12.1 Å². The molecule has 2 aromatic rings. The zero-order valence-corrected chi connectivity index (χ0v) is 21.2. The average molecular weight is 486 g/mol. The second-order valence-corrected chi connectivity index (χ2v) is 15.7. The predicted octanol–water partition coefficient (Wildman–Crippen LogP) is 4.49. The van der Waals surface area contributed by atoms with Gasteiger partial charge in [0.2, 0.25) is 5.60 Å². The summed E-state index contributed by atoms with van der Waals surface area (Å²) in [6.07, 6.45) is -0.838. The number of nitrogens with one attached hydrogen (secondary N) is 1. The standard InChI is InChI=1S/C26H35NO6Si/c1-34(2,3)15-14-31-19-32-23-18-26(24(28)29,17-21-12-8-5-9-13-21)33-25(30)27-22(23)16-20-10-6-4-7-11-20/h4-13,22-23H,14-19H2,1-3H3,(H,27,30)(H,28,29)/t22-,23?,26?/m0/s1. The quantitative estimate of drug-likeness (QED) is 0.277. The van der Waals surface area contributed by atoms with Gasteiger partial charge in [0, 0.05) is 27.5 Å². The first kappa shape index (κ1) is 25.9. The number of carboxylic acids is 1. The molecule has 2 unspecified atom stereocenters. The topological polar surface area (TPSA) is 94.1 Å². The molecule has 0 bridgehead atoms. The van der Waals surface area contributed by atoms with Crippen molar-refractivity contribution in [3.63, 3.8) is 0 Å². The Morgan fingerprint density at radius 1 is 1.09 bits per heavy atom. The maximum Gasteiger partial charge on any atom is 0.408 e. The van der Waals surface area contributed by atoms with E-state index in [0.717, 1.165) is 17.2 Å². The molecule has 1 heterocycles. The van der Waals surface area contributed by atoms with Gasteiger partial charge in [0.25, 0.3) is 0 Å². The first-order chi connectivity index (χ1) is 16.2. The number of aliphatic carboxylic acids is 1. The van der Waals surface area contributed by atoms with Crippen LogP contribution in [0.5, 0.6) is 0 Å². The van der Waals surface area contributed by atoms with Crippen LogP contribution in [-0.4, -0.2) is 56.4 Å². The average Bonchev–Trinajstić information content (AvgIpc) is 2.90. The van der Waals surface area contributed by atoms with Crippen LogP contribution >= 0.6 is 0 Å². The van der Waals surface area contributed by atoms with E-state index in [2.05, 4.69) is 25.0 Å². The van der Waals surface area contributed by atoms with Crippen LogP contribution in [0.25, 0.3) is 0 Å². The zero-order chi connectivity index (χ0) is 24.6. The predicted molar refractivity (Wildman–Crippen MR) is 133 cm³/mol. The second kappa shape index (κ2) is 11.6. The molecule has 1 aliphatic heterocycles. The van der Waals surface area contributed by atoms with Gasteiger partial charge in [-0.25, -0.2) is 9.59 Å². The third-order valence-corrected chi connectivity index (χ3v) is 7.66. The van der Waals surface area contributed by atoms with Crippen molar-refractivity contribution >= 4 is 20.1 Å². The van der Waals surface area contributed by atoms with Crippen LogP contribution in [0.4, 0.5) is 4.79 Å². The van der Waals surface area contributed by atoms with Gasteiger partial charge in [0.15, 0.2) is 0 Å². The van der Waals surface area contributed by atoms with Gasteiger partial charge in [-0.15, -0.1) is 0 Å². The van der Waals surface area contributed by atoms with Crippen LogP contribution in [0.2, 0.25) is 25.7 Å². The fraction of sp³-hybridized carbons (Fsp3) is 0.462. The Hall–Kier alpha value is -2.68. The summed E-state index contributed by atoms with van der Waals surface area (Å²) in [5.74, 6) is -1.19. The summed E-state index contributed by atoms with van der Waals surface area (Å²) in [6, 6.07) is 19.4. The van der Waals surface area contributed by atoms with Crippen LogP contribution in [0.15, 0.2) is 60.7 Å². The maximum atomic E-state index is 12.7. The zero-order valence-electron chi connectivity index (χ0n) is 20.2. The lowest BCUT2D eigenvalue weighted by Crippen LogP contribution is -2.47. The molecule has 1 fully saturated rings. The SMILES string of the molecule is C[Si](C)(C)CCOCOC1CC(Cc2ccccc2)(C(=O)O)OC(=O)N[C@H]1Cc1ccccc1. The highest BCUT2D eigenvalue weighted by Gasteiger charge is 2.49. The summed E-state index contributed by atoms with van der Waals surface area (Å²) in [5.41, 5.74) is 0.0242. The molecule has 0 aliphatic carbocycles. The highest BCUT2D eigenvalue weighted by Crippen LogP contribution is 2.30. The van der Waals surface area contributed by atoms with Crippen molar-refractivity contribution in [3.8, 4) is 0 Å². The number of carboxylic acid groups (broad SMARTS) is 1. The Kier molecular flexibility index (Phi) is 8.88. The van der Waals surface area contributed by atoms with E-state index in [4.69, 9.17) is 14.2 Å². The third-order valence-electron chi connectivity index (χ3n) is 5.95. The minimum Gasteiger partial charge on any atom is -0.478 e. The van der Waals surface area contributed by atoms with E-state index in [-0.39, 0.29) is 19.6 Å². The first-order valence-electron chi connectivity index (χ1n) is 11.7. The van der Waals surface area contributed by atoms with Gasteiger partial charge in [-0.1, -0.05) is 80.3 Å². The Morgan fingerprint density at radius 3 is 2.29 bits per heavy atom. The molecule has 3 rings (SSSR count). The monoisotopic (exact) mass is 485 g/mol. The van der Waals surface area contributed by atoms with Crippen molar-refractivity contribution < 1.29 is 28.9 Å². The molecule has 184 valence electrons. The van der Waals surface area contributed by atoms with Gasteiger partial charge in [-0.2, -0.15) is 0 Å². The van der Waals surface area contributed by atoms with Gasteiger partial charge in [-0.3, -0.25) is 0 Å². The van der Waals surface area contributed by atoms with Crippen molar-refractivity contribution in [1.82, 2.24) is 5.32 Å². The minimum absolute atomic E-state index is 0.00481. The van der Waals surface area contributed by atoms with Crippen LogP contribution in [0, 0.1) is 0 Å². The number of cyclic esters (lactones) is 1. The lowest BCUT2D eigenvalue weighted by molar-refractivity contribution is -0.164. The molecule has 2 aromatic carbocycles. The molecule has 2 N–H and O–H groups in total. The van der Waals surface area contributed by atoms with Crippen LogP contribution in [0.3, 0.4) is 0 Å². The van der Waals surface area contributed by atoms with Crippen molar-refractivity contribution in [2.45, 2.75) is 62.7 Å². The Balaban J connectivity index is 1.81. The van der Waals surface area contributed by atoms with Crippen molar-refractivity contribution in [2.75, 3.05) is 13.4 Å². The third kappa shape index (κ3) is 7.68. The first-order valence-corrected chi connectivity index (χ1v) is 15.4. The fourth-order valence-electron chi connectivity index (χ4n) is 4.00. The molecule has 34 heavy (non-hydrogen) atoms. The Labute approximate surface area is 202 Å². The fourth-order valence-corrected chi connectivity index (χ4v) is 4.76. The van der Waals surface area contributed by atoms with Crippen molar-refractivity contribution in [3.05, 3.63) is 71.8 Å². The summed E-state index contributed by atoms with van der Waals surface area (Å²) < 4.78 is 17.4. The second-order valence-electron chi connectivity index (χ2n) is 10.0. The molecule has 1 saturated heterocycles. The van der Waals surface area contributed by atoms with E-state index in [1.54, 1.807) is 0 Å².